The first kappa shape index (κ1) is 17.5. The zero-order chi connectivity index (χ0) is 17.1. The standard InChI is InChI=1S/C16H22N2O4S/c1-12-7-9-13(10-8-12)23(20,21)18-17-14-6-4-5-11-16(14,2)15(19)22-3/h7-10,18H,4-6,11H2,1-3H3/b17-14-. The van der Waals surface area contributed by atoms with Crippen LogP contribution in [-0.4, -0.2) is 27.2 Å². The molecule has 0 amide bonds. The summed E-state index contributed by atoms with van der Waals surface area (Å²) in [6, 6.07) is 6.50. The molecule has 0 aromatic heterocycles. The average molecular weight is 338 g/mol. The predicted molar refractivity (Wildman–Crippen MR) is 87.5 cm³/mol. The predicted octanol–water partition coefficient (Wildman–Crippen LogP) is 2.38. The van der Waals surface area contributed by atoms with Gasteiger partial charge in [-0.05, 0) is 45.2 Å². The molecule has 1 atom stereocenters. The number of carbonyl (C=O) groups excluding carboxylic acids is 1. The number of nitrogens with zero attached hydrogens (tertiary/aromatic N) is 1. The first-order valence-corrected chi connectivity index (χ1v) is 9.02. The second kappa shape index (κ2) is 6.70. The van der Waals surface area contributed by atoms with Crippen molar-refractivity contribution in [3.8, 4) is 0 Å². The van der Waals surface area contributed by atoms with Crippen LogP contribution in [0.1, 0.15) is 38.2 Å². The van der Waals surface area contributed by atoms with Gasteiger partial charge in [0.2, 0.25) is 0 Å². The molecule has 1 aromatic rings. The number of sulfonamides is 1. The van der Waals surface area contributed by atoms with E-state index < -0.39 is 15.4 Å². The monoisotopic (exact) mass is 338 g/mol. The lowest BCUT2D eigenvalue weighted by atomic mass is 9.74. The highest BCUT2D eigenvalue weighted by Gasteiger charge is 2.41. The van der Waals surface area contributed by atoms with E-state index in [2.05, 4.69) is 9.93 Å². The lowest BCUT2D eigenvalue weighted by Crippen LogP contribution is -2.41. The van der Waals surface area contributed by atoms with E-state index in [0.717, 1.165) is 18.4 Å². The smallest absolute Gasteiger partial charge is 0.317 e. The van der Waals surface area contributed by atoms with Crippen molar-refractivity contribution < 1.29 is 17.9 Å². The van der Waals surface area contributed by atoms with Crippen molar-refractivity contribution in [2.24, 2.45) is 10.5 Å². The Morgan fingerprint density at radius 1 is 1.26 bits per heavy atom. The molecule has 0 saturated heterocycles. The van der Waals surface area contributed by atoms with Gasteiger partial charge in [-0.3, -0.25) is 4.79 Å². The molecule has 1 aliphatic carbocycles. The van der Waals surface area contributed by atoms with Crippen LogP contribution in [0.25, 0.3) is 0 Å². The van der Waals surface area contributed by atoms with Gasteiger partial charge in [0.05, 0.1) is 17.7 Å². The Morgan fingerprint density at radius 3 is 2.52 bits per heavy atom. The molecule has 1 aliphatic rings. The van der Waals surface area contributed by atoms with E-state index in [4.69, 9.17) is 4.74 Å². The second-order valence-electron chi connectivity index (χ2n) is 6.00. The molecule has 1 fully saturated rings. The molecule has 6 nitrogen and oxygen atoms in total. The first-order valence-electron chi connectivity index (χ1n) is 7.53. The molecule has 1 unspecified atom stereocenters. The number of methoxy groups -OCH3 is 1. The van der Waals surface area contributed by atoms with Gasteiger partial charge in [0.15, 0.2) is 0 Å². The fraction of sp³-hybridized carbons (Fsp3) is 0.500. The Hall–Kier alpha value is -1.89. The highest BCUT2D eigenvalue weighted by atomic mass is 32.2. The van der Waals surface area contributed by atoms with Crippen LogP contribution >= 0.6 is 0 Å². The van der Waals surface area contributed by atoms with E-state index in [1.165, 1.54) is 19.2 Å². The molecule has 1 N–H and O–H groups in total. The maximum atomic E-state index is 12.3. The summed E-state index contributed by atoms with van der Waals surface area (Å²) in [7, 11) is -2.42. The number of benzene rings is 1. The lowest BCUT2D eigenvalue weighted by Gasteiger charge is -2.32. The normalized spacial score (nSPS) is 23.5. The summed E-state index contributed by atoms with van der Waals surface area (Å²) in [5.74, 6) is -0.384. The SMILES string of the molecule is COC(=O)C1(C)CCCC/C1=N/NS(=O)(=O)c1ccc(C)cc1. The number of hydrazone groups is 1. The van der Waals surface area contributed by atoms with Gasteiger partial charge in [-0.25, -0.2) is 4.83 Å². The summed E-state index contributed by atoms with van der Waals surface area (Å²) >= 11 is 0. The molecule has 1 saturated carbocycles. The van der Waals surface area contributed by atoms with Gasteiger partial charge < -0.3 is 4.74 Å². The number of nitrogens with one attached hydrogen (secondary N) is 1. The quantitative estimate of drug-likeness (QED) is 0.675. The third kappa shape index (κ3) is 3.72. The summed E-state index contributed by atoms with van der Waals surface area (Å²) in [4.78, 5) is 14.4. The number of hydrogen-bond acceptors (Lipinski definition) is 5. The van der Waals surface area contributed by atoms with Gasteiger partial charge in [0, 0.05) is 0 Å². The molecule has 1 aromatic carbocycles. The maximum absolute atomic E-state index is 12.3. The third-order valence-electron chi connectivity index (χ3n) is 4.25. The van der Waals surface area contributed by atoms with Gasteiger partial charge in [0.1, 0.15) is 5.41 Å². The molecule has 0 bridgehead atoms. The van der Waals surface area contributed by atoms with Gasteiger partial charge in [-0.2, -0.15) is 13.5 Å². The lowest BCUT2D eigenvalue weighted by molar-refractivity contribution is -0.148. The third-order valence-corrected chi connectivity index (χ3v) is 5.47. The highest BCUT2D eigenvalue weighted by Crippen LogP contribution is 2.34. The van der Waals surface area contributed by atoms with Crippen LogP contribution in [-0.2, 0) is 19.6 Å². The fourth-order valence-corrected chi connectivity index (χ4v) is 3.53. The van der Waals surface area contributed by atoms with Crippen molar-refractivity contribution in [2.45, 2.75) is 44.4 Å². The number of aryl methyl sites for hydroxylation is 1. The van der Waals surface area contributed by atoms with E-state index in [1.807, 2.05) is 6.92 Å². The Labute approximate surface area is 137 Å². The molecule has 23 heavy (non-hydrogen) atoms. The Morgan fingerprint density at radius 2 is 1.91 bits per heavy atom. The summed E-state index contributed by atoms with van der Waals surface area (Å²) in [5.41, 5.74) is 0.620. The zero-order valence-electron chi connectivity index (χ0n) is 13.6. The van der Waals surface area contributed by atoms with Crippen molar-refractivity contribution in [1.82, 2.24) is 4.83 Å². The summed E-state index contributed by atoms with van der Waals surface area (Å²) in [5, 5.41) is 4.05. The Balaban J connectivity index is 2.26. The summed E-state index contributed by atoms with van der Waals surface area (Å²) in [6.07, 6.45) is 2.93. The number of carbonyl (C=O) groups is 1. The number of esters is 1. The van der Waals surface area contributed by atoms with Gasteiger partial charge in [0.25, 0.3) is 10.0 Å². The zero-order valence-corrected chi connectivity index (χ0v) is 14.4. The van der Waals surface area contributed by atoms with E-state index in [9.17, 15) is 13.2 Å². The van der Waals surface area contributed by atoms with Gasteiger partial charge >= 0.3 is 5.97 Å². The average Bonchev–Trinajstić information content (AvgIpc) is 2.53. The Kier molecular flexibility index (Phi) is 5.09. The number of ether oxygens (including phenoxy) is 1. The van der Waals surface area contributed by atoms with Crippen molar-refractivity contribution in [3.63, 3.8) is 0 Å². The largest absolute Gasteiger partial charge is 0.468 e. The number of hydrogen-bond donors (Lipinski definition) is 1. The van der Waals surface area contributed by atoms with Crippen LogP contribution in [0.4, 0.5) is 0 Å². The molecule has 0 radical (unpaired) electrons. The summed E-state index contributed by atoms with van der Waals surface area (Å²) in [6.45, 7) is 3.63. The van der Waals surface area contributed by atoms with Crippen LogP contribution in [0.3, 0.4) is 0 Å². The summed E-state index contributed by atoms with van der Waals surface area (Å²) < 4.78 is 29.5. The molecular weight excluding hydrogens is 316 g/mol. The van der Waals surface area contributed by atoms with Crippen molar-refractivity contribution in [3.05, 3.63) is 29.8 Å². The van der Waals surface area contributed by atoms with Crippen LogP contribution in [0.15, 0.2) is 34.3 Å². The minimum Gasteiger partial charge on any atom is -0.468 e. The van der Waals surface area contributed by atoms with Crippen molar-refractivity contribution in [1.29, 1.82) is 0 Å². The van der Waals surface area contributed by atoms with E-state index in [0.29, 0.717) is 18.6 Å². The second-order valence-corrected chi connectivity index (χ2v) is 7.66. The van der Waals surface area contributed by atoms with E-state index >= 15 is 0 Å². The first-order chi connectivity index (χ1) is 10.8. The number of rotatable bonds is 4. The van der Waals surface area contributed by atoms with E-state index in [-0.39, 0.29) is 10.9 Å². The molecule has 126 valence electrons. The van der Waals surface area contributed by atoms with Crippen molar-refractivity contribution in [2.75, 3.05) is 7.11 Å². The van der Waals surface area contributed by atoms with Gasteiger partial charge in [-0.15, -0.1) is 0 Å². The highest BCUT2D eigenvalue weighted by molar-refractivity contribution is 7.89. The maximum Gasteiger partial charge on any atom is 0.317 e. The molecule has 0 heterocycles. The van der Waals surface area contributed by atoms with Crippen LogP contribution in [0.5, 0.6) is 0 Å². The van der Waals surface area contributed by atoms with E-state index in [1.54, 1.807) is 19.1 Å². The minimum absolute atomic E-state index is 0.142. The molecular formula is C16H22N2O4S. The fourth-order valence-electron chi connectivity index (χ4n) is 2.70. The topological polar surface area (TPSA) is 84.8 Å². The van der Waals surface area contributed by atoms with Crippen LogP contribution < -0.4 is 4.83 Å². The minimum atomic E-state index is -3.75. The molecule has 2 rings (SSSR count). The Bertz CT molecular complexity index is 710. The molecule has 0 spiro atoms. The molecule has 0 aliphatic heterocycles. The van der Waals surface area contributed by atoms with Crippen LogP contribution in [0.2, 0.25) is 0 Å². The van der Waals surface area contributed by atoms with Crippen LogP contribution in [0, 0.1) is 12.3 Å². The molecule has 7 heteroatoms. The van der Waals surface area contributed by atoms with Gasteiger partial charge in [-0.1, -0.05) is 24.1 Å². The van der Waals surface area contributed by atoms with Crippen molar-refractivity contribution >= 4 is 21.7 Å².